The highest BCUT2D eigenvalue weighted by Gasteiger charge is 1.95. The first-order valence-corrected chi connectivity index (χ1v) is 4.91. The lowest BCUT2D eigenvalue weighted by Crippen LogP contribution is -2.02. The average Bonchev–Trinajstić information content (AvgIpc) is 2.15. The van der Waals surface area contributed by atoms with Gasteiger partial charge in [0.1, 0.15) is 0 Å². The smallest absolute Gasteiger partial charge is 0.0720 e. The SMILES string of the molecule is CCc1ccc(COC(C)C)cc1. The predicted molar refractivity (Wildman–Crippen MR) is 55.7 cm³/mol. The molecule has 1 rings (SSSR count). The van der Waals surface area contributed by atoms with Crippen LogP contribution in [-0.2, 0) is 17.8 Å². The van der Waals surface area contributed by atoms with Gasteiger partial charge in [0.25, 0.3) is 0 Å². The van der Waals surface area contributed by atoms with E-state index in [1.807, 2.05) is 0 Å². The van der Waals surface area contributed by atoms with Crippen molar-refractivity contribution in [3.05, 3.63) is 35.4 Å². The first-order chi connectivity index (χ1) is 6.22. The fraction of sp³-hybridized carbons (Fsp3) is 0.500. The molecule has 0 fully saturated rings. The molecule has 0 N–H and O–H groups in total. The van der Waals surface area contributed by atoms with Crippen LogP contribution < -0.4 is 0 Å². The molecule has 1 heteroatoms. The monoisotopic (exact) mass is 178 g/mol. The molecule has 1 aromatic carbocycles. The van der Waals surface area contributed by atoms with Gasteiger partial charge in [-0.3, -0.25) is 0 Å². The molecule has 0 radical (unpaired) electrons. The van der Waals surface area contributed by atoms with Crippen molar-refractivity contribution in [2.45, 2.75) is 39.9 Å². The largest absolute Gasteiger partial charge is 0.374 e. The molecule has 0 atom stereocenters. The summed E-state index contributed by atoms with van der Waals surface area (Å²) >= 11 is 0. The van der Waals surface area contributed by atoms with Crippen LogP contribution in [0.2, 0.25) is 0 Å². The van der Waals surface area contributed by atoms with Gasteiger partial charge in [0.05, 0.1) is 12.7 Å². The number of hydrogen-bond acceptors (Lipinski definition) is 1. The van der Waals surface area contributed by atoms with E-state index in [1.165, 1.54) is 11.1 Å². The Kier molecular flexibility index (Phi) is 3.97. The van der Waals surface area contributed by atoms with Gasteiger partial charge in [-0.15, -0.1) is 0 Å². The lowest BCUT2D eigenvalue weighted by atomic mass is 10.1. The van der Waals surface area contributed by atoms with E-state index >= 15 is 0 Å². The highest BCUT2D eigenvalue weighted by atomic mass is 16.5. The Balaban J connectivity index is 2.49. The zero-order valence-corrected chi connectivity index (χ0v) is 8.71. The molecule has 0 bridgehead atoms. The summed E-state index contributed by atoms with van der Waals surface area (Å²) in [5, 5.41) is 0. The molecular weight excluding hydrogens is 160 g/mol. The van der Waals surface area contributed by atoms with Gasteiger partial charge in [0.15, 0.2) is 0 Å². The Morgan fingerprint density at radius 3 is 2.08 bits per heavy atom. The molecule has 0 saturated heterocycles. The Labute approximate surface area is 80.7 Å². The highest BCUT2D eigenvalue weighted by molar-refractivity contribution is 5.21. The summed E-state index contributed by atoms with van der Waals surface area (Å²) in [6, 6.07) is 8.61. The third-order valence-electron chi connectivity index (χ3n) is 2.01. The molecule has 0 spiro atoms. The van der Waals surface area contributed by atoms with Crippen LogP contribution >= 0.6 is 0 Å². The molecule has 0 aliphatic carbocycles. The summed E-state index contributed by atoms with van der Waals surface area (Å²) in [6.45, 7) is 7.00. The molecule has 1 nitrogen and oxygen atoms in total. The first-order valence-electron chi connectivity index (χ1n) is 4.91. The zero-order valence-electron chi connectivity index (χ0n) is 8.71. The fourth-order valence-electron chi connectivity index (χ4n) is 1.13. The Bertz CT molecular complexity index is 236. The standard InChI is InChI=1S/C12H18O/c1-4-11-5-7-12(8-6-11)9-13-10(2)3/h5-8,10H,4,9H2,1-3H3. The maximum atomic E-state index is 5.50. The molecule has 0 amide bonds. The van der Waals surface area contributed by atoms with Crippen LogP contribution in [0, 0.1) is 0 Å². The maximum Gasteiger partial charge on any atom is 0.0720 e. The van der Waals surface area contributed by atoms with Crippen molar-refractivity contribution in [2.24, 2.45) is 0 Å². The fourth-order valence-corrected chi connectivity index (χ4v) is 1.13. The normalized spacial score (nSPS) is 10.8. The second kappa shape index (κ2) is 5.03. The van der Waals surface area contributed by atoms with Gasteiger partial charge >= 0.3 is 0 Å². The van der Waals surface area contributed by atoms with E-state index in [1.54, 1.807) is 0 Å². The van der Waals surface area contributed by atoms with Crippen molar-refractivity contribution in [2.75, 3.05) is 0 Å². The third kappa shape index (κ3) is 3.60. The van der Waals surface area contributed by atoms with E-state index in [4.69, 9.17) is 4.74 Å². The Morgan fingerprint density at radius 1 is 1.08 bits per heavy atom. The third-order valence-corrected chi connectivity index (χ3v) is 2.01. The van der Waals surface area contributed by atoms with E-state index < -0.39 is 0 Å². The molecule has 0 saturated carbocycles. The molecule has 72 valence electrons. The van der Waals surface area contributed by atoms with Crippen LogP contribution in [0.3, 0.4) is 0 Å². The molecule has 0 unspecified atom stereocenters. The molecule has 1 aromatic rings. The van der Waals surface area contributed by atoms with Gasteiger partial charge in [-0.05, 0) is 31.4 Å². The molecule has 0 heterocycles. The number of hydrogen-bond donors (Lipinski definition) is 0. The lowest BCUT2D eigenvalue weighted by molar-refractivity contribution is 0.0657. The molecule has 13 heavy (non-hydrogen) atoms. The van der Waals surface area contributed by atoms with Crippen LogP contribution in [0.4, 0.5) is 0 Å². The summed E-state index contributed by atoms with van der Waals surface area (Å²) in [5.41, 5.74) is 2.64. The molecular formula is C12H18O. The van der Waals surface area contributed by atoms with Crippen molar-refractivity contribution in [3.8, 4) is 0 Å². The predicted octanol–water partition coefficient (Wildman–Crippen LogP) is 3.17. The van der Waals surface area contributed by atoms with Gasteiger partial charge in [0, 0.05) is 0 Å². The van der Waals surface area contributed by atoms with Gasteiger partial charge in [-0.1, -0.05) is 31.2 Å². The second-order valence-corrected chi connectivity index (χ2v) is 3.53. The van der Waals surface area contributed by atoms with E-state index in [9.17, 15) is 0 Å². The topological polar surface area (TPSA) is 9.23 Å². The zero-order chi connectivity index (χ0) is 9.68. The van der Waals surface area contributed by atoms with Crippen LogP contribution in [0.15, 0.2) is 24.3 Å². The van der Waals surface area contributed by atoms with Crippen LogP contribution in [0.5, 0.6) is 0 Å². The van der Waals surface area contributed by atoms with Crippen LogP contribution in [-0.4, -0.2) is 6.10 Å². The van der Waals surface area contributed by atoms with E-state index in [-0.39, 0.29) is 0 Å². The van der Waals surface area contributed by atoms with E-state index in [2.05, 4.69) is 45.0 Å². The van der Waals surface area contributed by atoms with E-state index in [0.717, 1.165) is 13.0 Å². The minimum Gasteiger partial charge on any atom is -0.374 e. The molecule has 0 aromatic heterocycles. The summed E-state index contributed by atoms with van der Waals surface area (Å²) < 4.78 is 5.50. The summed E-state index contributed by atoms with van der Waals surface area (Å²) in [7, 11) is 0. The van der Waals surface area contributed by atoms with Crippen molar-refractivity contribution in [1.82, 2.24) is 0 Å². The van der Waals surface area contributed by atoms with Crippen LogP contribution in [0.25, 0.3) is 0 Å². The average molecular weight is 178 g/mol. The Hall–Kier alpha value is -0.820. The van der Waals surface area contributed by atoms with Crippen molar-refractivity contribution >= 4 is 0 Å². The minimum absolute atomic E-state index is 0.311. The Morgan fingerprint density at radius 2 is 1.62 bits per heavy atom. The quantitative estimate of drug-likeness (QED) is 0.688. The molecule has 0 aliphatic heterocycles. The number of benzene rings is 1. The first kappa shape index (κ1) is 10.3. The van der Waals surface area contributed by atoms with Crippen LogP contribution in [0.1, 0.15) is 31.9 Å². The van der Waals surface area contributed by atoms with Crippen molar-refractivity contribution in [3.63, 3.8) is 0 Å². The van der Waals surface area contributed by atoms with Crippen molar-refractivity contribution in [1.29, 1.82) is 0 Å². The summed E-state index contributed by atoms with van der Waals surface area (Å²) in [4.78, 5) is 0. The number of ether oxygens (including phenoxy) is 1. The van der Waals surface area contributed by atoms with E-state index in [0.29, 0.717) is 6.10 Å². The van der Waals surface area contributed by atoms with Gasteiger partial charge < -0.3 is 4.74 Å². The summed E-state index contributed by atoms with van der Waals surface area (Å²) in [5.74, 6) is 0. The lowest BCUT2D eigenvalue weighted by Gasteiger charge is -2.07. The number of rotatable bonds is 4. The maximum absolute atomic E-state index is 5.50. The number of aryl methyl sites for hydroxylation is 1. The minimum atomic E-state index is 0.311. The second-order valence-electron chi connectivity index (χ2n) is 3.53. The van der Waals surface area contributed by atoms with Gasteiger partial charge in [-0.25, -0.2) is 0 Å². The highest BCUT2D eigenvalue weighted by Crippen LogP contribution is 2.07. The summed E-state index contributed by atoms with van der Waals surface area (Å²) in [6.07, 6.45) is 1.41. The van der Waals surface area contributed by atoms with Crippen molar-refractivity contribution < 1.29 is 4.74 Å². The van der Waals surface area contributed by atoms with Gasteiger partial charge in [-0.2, -0.15) is 0 Å². The molecule has 0 aliphatic rings. The van der Waals surface area contributed by atoms with Gasteiger partial charge in [0.2, 0.25) is 0 Å².